The molecule has 164 valence electrons. The lowest BCUT2D eigenvalue weighted by molar-refractivity contribution is -0.217. The quantitative estimate of drug-likeness (QED) is 0.579. The summed E-state index contributed by atoms with van der Waals surface area (Å²) in [6, 6.07) is 14.7. The normalized spacial score (nSPS) is 23.1. The molecule has 0 saturated heterocycles. The van der Waals surface area contributed by atoms with Gasteiger partial charge in [0.05, 0.1) is 11.7 Å². The lowest BCUT2D eigenvalue weighted by atomic mass is 9.91. The van der Waals surface area contributed by atoms with Gasteiger partial charge in [-0.25, -0.2) is 4.79 Å². The second kappa shape index (κ2) is 8.04. The van der Waals surface area contributed by atoms with Crippen LogP contribution in [0.25, 0.3) is 0 Å². The SMILES string of the molecule is CC1(C)OC(=O)C2=C(CC(CCc3ccccc3)OC2c2cccc(C(F)(F)F)c2)O1. The van der Waals surface area contributed by atoms with E-state index in [1.54, 1.807) is 13.8 Å². The summed E-state index contributed by atoms with van der Waals surface area (Å²) < 4.78 is 57.2. The highest BCUT2D eigenvalue weighted by Crippen LogP contribution is 2.44. The number of rotatable bonds is 4. The molecule has 0 spiro atoms. The molecular weight excluding hydrogens is 409 g/mol. The summed E-state index contributed by atoms with van der Waals surface area (Å²) in [7, 11) is 0. The monoisotopic (exact) mass is 432 g/mol. The highest BCUT2D eigenvalue weighted by atomic mass is 19.4. The van der Waals surface area contributed by atoms with Crippen LogP contribution in [0, 0.1) is 0 Å². The molecule has 2 aromatic carbocycles. The second-order valence-corrected chi connectivity index (χ2v) is 8.22. The number of halogens is 3. The van der Waals surface area contributed by atoms with Gasteiger partial charge >= 0.3 is 12.1 Å². The van der Waals surface area contributed by atoms with Crippen LogP contribution in [0.2, 0.25) is 0 Å². The maximum Gasteiger partial charge on any atom is 0.416 e. The first-order valence-corrected chi connectivity index (χ1v) is 10.1. The molecule has 0 amide bonds. The lowest BCUT2D eigenvalue weighted by Crippen LogP contribution is -2.42. The van der Waals surface area contributed by atoms with Gasteiger partial charge < -0.3 is 14.2 Å². The van der Waals surface area contributed by atoms with Gasteiger partial charge in [0.15, 0.2) is 0 Å². The van der Waals surface area contributed by atoms with E-state index in [1.807, 2.05) is 30.3 Å². The van der Waals surface area contributed by atoms with Gasteiger partial charge in [0, 0.05) is 20.3 Å². The Labute approximate surface area is 178 Å². The van der Waals surface area contributed by atoms with Crippen LogP contribution >= 0.6 is 0 Å². The zero-order valence-corrected chi connectivity index (χ0v) is 17.2. The molecule has 31 heavy (non-hydrogen) atoms. The molecule has 2 heterocycles. The Hall–Kier alpha value is -2.80. The fraction of sp³-hybridized carbons (Fsp3) is 0.375. The van der Waals surface area contributed by atoms with Crippen molar-refractivity contribution in [2.45, 2.75) is 57.3 Å². The maximum absolute atomic E-state index is 13.3. The van der Waals surface area contributed by atoms with E-state index in [-0.39, 0.29) is 17.2 Å². The third-order valence-corrected chi connectivity index (χ3v) is 5.35. The summed E-state index contributed by atoms with van der Waals surface area (Å²) in [5, 5.41) is 0. The van der Waals surface area contributed by atoms with Crippen molar-refractivity contribution in [1.29, 1.82) is 0 Å². The minimum absolute atomic E-state index is 0.134. The van der Waals surface area contributed by atoms with E-state index in [1.165, 1.54) is 12.1 Å². The van der Waals surface area contributed by atoms with Crippen molar-refractivity contribution >= 4 is 5.97 Å². The molecule has 2 atom stereocenters. The van der Waals surface area contributed by atoms with Crippen molar-refractivity contribution < 1.29 is 32.2 Å². The van der Waals surface area contributed by atoms with Crippen LogP contribution in [0.3, 0.4) is 0 Å². The van der Waals surface area contributed by atoms with Crippen molar-refractivity contribution in [2.75, 3.05) is 0 Å². The summed E-state index contributed by atoms with van der Waals surface area (Å²) >= 11 is 0. The van der Waals surface area contributed by atoms with Crippen LogP contribution in [0.15, 0.2) is 65.9 Å². The van der Waals surface area contributed by atoms with E-state index >= 15 is 0 Å². The molecule has 0 radical (unpaired) electrons. The van der Waals surface area contributed by atoms with Crippen LogP contribution in [0.5, 0.6) is 0 Å². The number of benzene rings is 2. The maximum atomic E-state index is 13.3. The average Bonchev–Trinajstić information content (AvgIpc) is 2.71. The number of hydrogen-bond donors (Lipinski definition) is 0. The van der Waals surface area contributed by atoms with E-state index in [4.69, 9.17) is 14.2 Å². The fourth-order valence-corrected chi connectivity index (χ4v) is 3.95. The number of cyclic esters (lactones) is 1. The largest absolute Gasteiger partial charge is 0.456 e. The van der Waals surface area contributed by atoms with Gasteiger partial charge in [-0.3, -0.25) is 0 Å². The number of ether oxygens (including phenoxy) is 3. The van der Waals surface area contributed by atoms with Gasteiger partial charge in [0.1, 0.15) is 17.4 Å². The summed E-state index contributed by atoms with van der Waals surface area (Å²) in [5.41, 5.74) is 0.708. The Kier molecular flexibility index (Phi) is 5.56. The molecule has 2 aromatic rings. The Morgan fingerprint density at radius 3 is 2.48 bits per heavy atom. The first kappa shape index (κ1) is 21.4. The van der Waals surface area contributed by atoms with Crippen molar-refractivity contribution in [1.82, 2.24) is 0 Å². The molecule has 0 aromatic heterocycles. The van der Waals surface area contributed by atoms with Gasteiger partial charge in [-0.2, -0.15) is 13.2 Å². The number of hydrogen-bond acceptors (Lipinski definition) is 4. The highest BCUT2D eigenvalue weighted by molar-refractivity contribution is 5.91. The van der Waals surface area contributed by atoms with Crippen LogP contribution in [0.4, 0.5) is 13.2 Å². The Bertz CT molecular complexity index is 995. The van der Waals surface area contributed by atoms with Crippen molar-refractivity contribution in [3.05, 3.63) is 82.6 Å². The van der Waals surface area contributed by atoms with Crippen molar-refractivity contribution in [3.8, 4) is 0 Å². The van der Waals surface area contributed by atoms with Crippen molar-refractivity contribution in [3.63, 3.8) is 0 Å². The second-order valence-electron chi connectivity index (χ2n) is 8.22. The fourth-order valence-electron chi connectivity index (χ4n) is 3.95. The molecule has 2 unspecified atom stereocenters. The van der Waals surface area contributed by atoms with Gasteiger partial charge in [-0.15, -0.1) is 0 Å². The third kappa shape index (κ3) is 4.77. The number of alkyl halides is 3. The Morgan fingerprint density at radius 2 is 1.77 bits per heavy atom. The third-order valence-electron chi connectivity index (χ3n) is 5.35. The van der Waals surface area contributed by atoms with Gasteiger partial charge in [-0.1, -0.05) is 42.5 Å². The molecule has 4 nitrogen and oxygen atoms in total. The Morgan fingerprint density at radius 1 is 1.03 bits per heavy atom. The summed E-state index contributed by atoms with van der Waals surface area (Å²) in [4.78, 5) is 12.7. The summed E-state index contributed by atoms with van der Waals surface area (Å²) in [6.07, 6.45) is -4.08. The predicted octanol–water partition coefficient (Wildman–Crippen LogP) is 5.73. The molecule has 0 aliphatic carbocycles. The molecule has 0 bridgehead atoms. The molecular formula is C24H23F3O4. The minimum atomic E-state index is -4.50. The van der Waals surface area contributed by atoms with E-state index in [2.05, 4.69) is 0 Å². The molecule has 0 saturated carbocycles. The Balaban J connectivity index is 1.67. The molecule has 4 rings (SSSR count). The zero-order valence-electron chi connectivity index (χ0n) is 17.2. The smallest absolute Gasteiger partial charge is 0.416 e. The molecule has 7 heteroatoms. The van der Waals surface area contributed by atoms with Crippen molar-refractivity contribution in [2.24, 2.45) is 0 Å². The molecule has 2 aliphatic rings. The zero-order chi connectivity index (χ0) is 22.2. The van der Waals surface area contributed by atoms with Gasteiger partial charge in [0.2, 0.25) is 5.79 Å². The summed E-state index contributed by atoms with van der Waals surface area (Å²) in [6.45, 7) is 3.25. The first-order chi connectivity index (χ1) is 14.6. The molecule has 0 fully saturated rings. The van der Waals surface area contributed by atoms with E-state index in [0.29, 0.717) is 18.6 Å². The van der Waals surface area contributed by atoms with Gasteiger partial charge in [0.25, 0.3) is 0 Å². The number of esters is 1. The average molecular weight is 432 g/mol. The van der Waals surface area contributed by atoms with E-state index in [9.17, 15) is 18.0 Å². The highest BCUT2D eigenvalue weighted by Gasteiger charge is 2.44. The number of carbonyl (C=O) groups excluding carboxylic acids is 1. The van der Waals surface area contributed by atoms with Crippen LogP contribution in [-0.4, -0.2) is 17.9 Å². The number of carbonyl (C=O) groups is 1. The predicted molar refractivity (Wildman–Crippen MR) is 107 cm³/mol. The van der Waals surface area contributed by atoms with Gasteiger partial charge in [-0.05, 0) is 36.1 Å². The van der Waals surface area contributed by atoms with Crippen LogP contribution in [0.1, 0.15) is 49.5 Å². The lowest BCUT2D eigenvalue weighted by Gasteiger charge is -2.40. The molecule has 0 N–H and O–H groups in total. The number of aryl methyl sites for hydroxylation is 1. The van der Waals surface area contributed by atoms with E-state index < -0.39 is 29.6 Å². The van der Waals surface area contributed by atoms with Crippen LogP contribution < -0.4 is 0 Å². The van der Waals surface area contributed by atoms with E-state index in [0.717, 1.165) is 24.1 Å². The summed E-state index contributed by atoms with van der Waals surface area (Å²) in [5.74, 6) is -1.35. The first-order valence-electron chi connectivity index (χ1n) is 10.1. The minimum Gasteiger partial charge on any atom is -0.456 e. The molecule has 2 aliphatic heterocycles. The topological polar surface area (TPSA) is 44.8 Å². The van der Waals surface area contributed by atoms with Crippen LogP contribution in [-0.2, 0) is 31.6 Å². The standard InChI is InChI=1S/C24H23F3O4/c1-23(2)30-19-14-18(12-11-15-7-4-3-5-8-15)29-21(20(19)22(28)31-23)16-9-6-10-17(13-16)24(25,26)27/h3-10,13,18,21H,11-12,14H2,1-2H3.